The zero-order valence-corrected chi connectivity index (χ0v) is 11.3. The molecule has 0 amide bonds. The summed E-state index contributed by atoms with van der Waals surface area (Å²) in [6, 6.07) is 9.26. The van der Waals surface area contributed by atoms with Gasteiger partial charge < -0.3 is 11.1 Å². The van der Waals surface area contributed by atoms with Gasteiger partial charge in [0.1, 0.15) is 6.07 Å². The minimum atomic E-state index is -4.50. The number of anilines is 3. The van der Waals surface area contributed by atoms with E-state index in [0.29, 0.717) is 16.4 Å². The monoisotopic (exact) mass is 311 g/mol. The predicted octanol–water partition coefficient (Wildman–Crippen LogP) is 4.56. The Bertz CT molecular complexity index is 720. The Morgan fingerprint density at radius 2 is 1.76 bits per heavy atom. The molecule has 3 N–H and O–H groups in total. The second-order valence-corrected chi connectivity index (χ2v) is 4.66. The maximum Gasteiger partial charge on any atom is 0.416 e. The zero-order chi connectivity index (χ0) is 15.6. The number of benzene rings is 2. The normalized spacial score (nSPS) is 11.0. The first-order chi connectivity index (χ1) is 9.81. The number of rotatable bonds is 2. The predicted molar refractivity (Wildman–Crippen MR) is 75.3 cm³/mol. The average Bonchev–Trinajstić information content (AvgIpc) is 2.41. The maximum atomic E-state index is 12.6. The van der Waals surface area contributed by atoms with E-state index >= 15 is 0 Å². The Kier molecular flexibility index (Phi) is 3.96. The Morgan fingerprint density at radius 3 is 2.33 bits per heavy atom. The van der Waals surface area contributed by atoms with E-state index in [1.165, 1.54) is 12.1 Å². The molecule has 2 aromatic carbocycles. The van der Waals surface area contributed by atoms with E-state index < -0.39 is 11.7 Å². The highest BCUT2D eigenvalue weighted by molar-refractivity contribution is 6.31. The molecule has 0 radical (unpaired) electrons. The molecule has 0 bridgehead atoms. The highest BCUT2D eigenvalue weighted by Crippen LogP contribution is 2.33. The number of alkyl halides is 3. The standard InChI is InChI=1S/C14H9ClF3N3/c15-10-2-4-13(11(20)6-10)21-12-3-1-9(14(16,17)18)5-8(12)7-19/h1-6,21H,20H2. The molecule has 0 heterocycles. The van der Waals surface area contributed by atoms with E-state index in [4.69, 9.17) is 22.6 Å². The molecule has 0 atom stereocenters. The van der Waals surface area contributed by atoms with Gasteiger partial charge in [-0.05, 0) is 36.4 Å². The third kappa shape index (κ3) is 3.38. The lowest BCUT2D eigenvalue weighted by Gasteiger charge is -2.13. The van der Waals surface area contributed by atoms with Crippen LogP contribution in [0.25, 0.3) is 0 Å². The number of hydrogen-bond donors (Lipinski definition) is 2. The number of nitrogens with two attached hydrogens (primary N) is 1. The first-order valence-electron chi connectivity index (χ1n) is 5.74. The lowest BCUT2D eigenvalue weighted by atomic mass is 10.1. The first kappa shape index (κ1) is 15.0. The van der Waals surface area contributed by atoms with Crippen LogP contribution in [0.15, 0.2) is 36.4 Å². The van der Waals surface area contributed by atoms with Crippen LogP contribution in [0.5, 0.6) is 0 Å². The molecule has 3 nitrogen and oxygen atoms in total. The van der Waals surface area contributed by atoms with Crippen molar-refractivity contribution in [3.05, 3.63) is 52.5 Å². The van der Waals surface area contributed by atoms with Crippen LogP contribution in [-0.2, 0) is 6.18 Å². The molecular formula is C14H9ClF3N3. The molecule has 2 rings (SSSR count). The first-order valence-corrected chi connectivity index (χ1v) is 6.12. The van der Waals surface area contributed by atoms with Crippen LogP contribution in [0.4, 0.5) is 30.2 Å². The van der Waals surface area contributed by atoms with E-state index in [9.17, 15) is 13.2 Å². The molecule has 108 valence electrons. The van der Waals surface area contributed by atoms with E-state index in [1.807, 2.05) is 0 Å². The van der Waals surface area contributed by atoms with E-state index in [0.717, 1.165) is 12.1 Å². The molecule has 0 fully saturated rings. The lowest BCUT2D eigenvalue weighted by Crippen LogP contribution is -2.06. The summed E-state index contributed by atoms with van der Waals surface area (Å²) in [4.78, 5) is 0. The van der Waals surface area contributed by atoms with Crippen LogP contribution in [0.2, 0.25) is 5.02 Å². The van der Waals surface area contributed by atoms with Gasteiger partial charge in [-0.2, -0.15) is 18.4 Å². The van der Waals surface area contributed by atoms with Crippen molar-refractivity contribution >= 4 is 28.7 Å². The number of nitriles is 1. The smallest absolute Gasteiger partial charge is 0.397 e. The van der Waals surface area contributed by atoms with Crippen LogP contribution in [0, 0.1) is 11.3 Å². The summed E-state index contributed by atoms with van der Waals surface area (Å²) < 4.78 is 37.8. The molecule has 21 heavy (non-hydrogen) atoms. The van der Waals surface area contributed by atoms with Crippen molar-refractivity contribution in [1.82, 2.24) is 0 Å². The summed E-state index contributed by atoms with van der Waals surface area (Å²) in [5.41, 5.74) is 5.76. The summed E-state index contributed by atoms with van der Waals surface area (Å²) in [7, 11) is 0. The number of nitrogens with zero attached hydrogens (tertiary/aromatic N) is 1. The SMILES string of the molecule is N#Cc1cc(C(F)(F)F)ccc1Nc1ccc(Cl)cc1N. The minimum Gasteiger partial charge on any atom is -0.397 e. The largest absolute Gasteiger partial charge is 0.416 e. The van der Waals surface area contributed by atoms with Gasteiger partial charge in [0.15, 0.2) is 0 Å². The van der Waals surface area contributed by atoms with Crippen molar-refractivity contribution in [2.75, 3.05) is 11.1 Å². The van der Waals surface area contributed by atoms with Crippen molar-refractivity contribution in [2.45, 2.75) is 6.18 Å². The number of nitrogens with one attached hydrogen (secondary N) is 1. The maximum absolute atomic E-state index is 12.6. The Balaban J connectivity index is 2.39. The molecule has 0 aromatic heterocycles. The van der Waals surface area contributed by atoms with Crippen molar-refractivity contribution in [3.63, 3.8) is 0 Å². The van der Waals surface area contributed by atoms with Crippen LogP contribution >= 0.6 is 11.6 Å². The topological polar surface area (TPSA) is 61.8 Å². The van der Waals surface area contributed by atoms with Gasteiger partial charge in [0, 0.05) is 5.02 Å². The van der Waals surface area contributed by atoms with Gasteiger partial charge in [0.2, 0.25) is 0 Å². The molecular weight excluding hydrogens is 303 g/mol. The van der Waals surface area contributed by atoms with E-state index in [2.05, 4.69) is 5.32 Å². The van der Waals surface area contributed by atoms with Gasteiger partial charge in [0.25, 0.3) is 0 Å². The third-order valence-electron chi connectivity index (χ3n) is 2.75. The van der Waals surface area contributed by atoms with Crippen molar-refractivity contribution in [1.29, 1.82) is 5.26 Å². The Labute approximate surface area is 123 Å². The molecule has 0 saturated carbocycles. The number of halogens is 4. The van der Waals surface area contributed by atoms with Crippen molar-refractivity contribution in [3.8, 4) is 6.07 Å². The summed E-state index contributed by atoms with van der Waals surface area (Å²) in [6.45, 7) is 0. The molecule has 0 aliphatic rings. The summed E-state index contributed by atoms with van der Waals surface area (Å²) in [5.74, 6) is 0. The second kappa shape index (κ2) is 5.54. The highest BCUT2D eigenvalue weighted by Gasteiger charge is 2.31. The highest BCUT2D eigenvalue weighted by atomic mass is 35.5. The van der Waals surface area contributed by atoms with Gasteiger partial charge in [0.05, 0.1) is 28.2 Å². The van der Waals surface area contributed by atoms with Crippen LogP contribution < -0.4 is 11.1 Å². The molecule has 0 unspecified atom stereocenters. The fourth-order valence-corrected chi connectivity index (χ4v) is 1.90. The van der Waals surface area contributed by atoms with Crippen LogP contribution in [-0.4, -0.2) is 0 Å². The fraction of sp³-hybridized carbons (Fsp3) is 0.0714. The Hall–Kier alpha value is -2.39. The summed E-state index contributed by atoms with van der Waals surface area (Å²) >= 11 is 5.76. The third-order valence-corrected chi connectivity index (χ3v) is 2.99. The van der Waals surface area contributed by atoms with Crippen molar-refractivity contribution < 1.29 is 13.2 Å². The molecule has 2 aromatic rings. The summed E-state index contributed by atoms with van der Waals surface area (Å²) in [6.07, 6.45) is -4.50. The van der Waals surface area contributed by atoms with Crippen LogP contribution in [0.3, 0.4) is 0 Å². The number of hydrogen-bond acceptors (Lipinski definition) is 3. The molecule has 0 saturated heterocycles. The van der Waals surface area contributed by atoms with Crippen LogP contribution in [0.1, 0.15) is 11.1 Å². The molecule has 0 aliphatic heterocycles. The second-order valence-electron chi connectivity index (χ2n) is 4.23. The van der Waals surface area contributed by atoms with Gasteiger partial charge in [-0.1, -0.05) is 11.6 Å². The fourth-order valence-electron chi connectivity index (χ4n) is 1.71. The summed E-state index contributed by atoms with van der Waals surface area (Å²) in [5, 5.41) is 12.3. The van der Waals surface area contributed by atoms with Gasteiger partial charge in [-0.3, -0.25) is 0 Å². The zero-order valence-electron chi connectivity index (χ0n) is 10.5. The molecule has 0 aliphatic carbocycles. The minimum absolute atomic E-state index is 0.126. The van der Waals surface area contributed by atoms with Gasteiger partial charge >= 0.3 is 6.18 Å². The van der Waals surface area contributed by atoms with E-state index in [-0.39, 0.29) is 11.3 Å². The number of nitrogen functional groups attached to an aromatic ring is 1. The molecule has 7 heteroatoms. The van der Waals surface area contributed by atoms with Crippen molar-refractivity contribution in [2.24, 2.45) is 0 Å². The average molecular weight is 312 g/mol. The van der Waals surface area contributed by atoms with E-state index in [1.54, 1.807) is 18.2 Å². The molecule has 0 spiro atoms. The lowest BCUT2D eigenvalue weighted by molar-refractivity contribution is -0.137. The Morgan fingerprint density at radius 1 is 1.10 bits per heavy atom. The van der Waals surface area contributed by atoms with Gasteiger partial charge in [-0.15, -0.1) is 0 Å². The van der Waals surface area contributed by atoms with Gasteiger partial charge in [-0.25, -0.2) is 0 Å². The quantitative estimate of drug-likeness (QED) is 0.799.